The molecule has 0 spiro atoms. The summed E-state index contributed by atoms with van der Waals surface area (Å²) in [7, 11) is 0. The van der Waals surface area contributed by atoms with Crippen molar-refractivity contribution in [1.82, 2.24) is 0 Å². The molecule has 21 heavy (non-hydrogen) atoms. The van der Waals surface area contributed by atoms with Crippen molar-refractivity contribution >= 4 is 34.9 Å². The maximum Gasteiger partial charge on any atom is 0.338 e. The predicted octanol–water partition coefficient (Wildman–Crippen LogP) is 4.26. The van der Waals surface area contributed by atoms with Gasteiger partial charge in [0.05, 0.1) is 20.5 Å². The van der Waals surface area contributed by atoms with Crippen LogP contribution in [0.2, 0.25) is 10.0 Å². The highest BCUT2D eigenvalue weighted by Gasteiger charge is 2.11. The van der Waals surface area contributed by atoms with E-state index in [1.165, 1.54) is 36.4 Å². The van der Waals surface area contributed by atoms with Crippen molar-refractivity contribution in [3.05, 3.63) is 73.8 Å². The first-order valence-electron chi connectivity index (χ1n) is 5.83. The van der Waals surface area contributed by atoms with E-state index < -0.39 is 10.9 Å². The van der Waals surface area contributed by atoms with E-state index in [1.807, 2.05) is 0 Å². The molecule has 2 rings (SSSR count). The molecule has 0 fully saturated rings. The summed E-state index contributed by atoms with van der Waals surface area (Å²) < 4.78 is 5.08. The van der Waals surface area contributed by atoms with E-state index in [-0.39, 0.29) is 22.9 Å². The number of hydrogen-bond acceptors (Lipinski definition) is 4. The smallest absolute Gasteiger partial charge is 0.338 e. The second-order valence-corrected chi connectivity index (χ2v) is 4.95. The number of non-ortho nitro benzene ring substituents is 1. The Labute approximate surface area is 130 Å². The van der Waals surface area contributed by atoms with Crippen molar-refractivity contribution < 1.29 is 14.5 Å². The van der Waals surface area contributed by atoms with Gasteiger partial charge in [0.25, 0.3) is 5.69 Å². The molecule has 0 saturated heterocycles. The van der Waals surface area contributed by atoms with Crippen LogP contribution in [0.1, 0.15) is 15.9 Å². The fraction of sp³-hybridized carbons (Fsp3) is 0.0714. The third-order valence-electron chi connectivity index (χ3n) is 2.65. The lowest BCUT2D eigenvalue weighted by Gasteiger charge is -2.06. The molecule has 0 atom stereocenters. The van der Waals surface area contributed by atoms with Crippen molar-refractivity contribution in [3.63, 3.8) is 0 Å². The van der Waals surface area contributed by atoms with Gasteiger partial charge in [-0.15, -0.1) is 0 Å². The summed E-state index contributed by atoms with van der Waals surface area (Å²) >= 11 is 11.6. The lowest BCUT2D eigenvalue weighted by atomic mass is 10.2. The molecule has 0 N–H and O–H groups in total. The fourth-order valence-corrected chi connectivity index (χ4v) is 1.91. The highest BCUT2D eigenvalue weighted by atomic mass is 35.5. The van der Waals surface area contributed by atoms with Crippen molar-refractivity contribution in [3.8, 4) is 0 Å². The SMILES string of the molecule is O=C(OCc1cccc([N+](=O)[O-])c1)c1ccc(Cl)c(Cl)c1. The van der Waals surface area contributed by atoms with Gasteiger partial charge in [-0.1, -0.05) is 35.3 Å². The number of carbonyl (C=O) groups is 1. The standard InChI is InChI=1S/C14H9Cl2NO4/c15-12-5-4-10(7-13(12)16)14(18)21-8-9-2-1-3-11(6-9)17(19)20/h1-7H,8H2. The minimum atomic E-state index is -0.583. The number of nitro groups is 1. The number of ether oxygens (including phenoxy) is 1. The van der Waals surface area contributed by atoms with Crippen LogP contribution in [0.15, 0.2) is 42.5 Å². The Balaban J connectivity index is 2.05. The molecule has 0 aliphatic carbocycles. The Hall–Kier alpha value is -2.11. The summed E-state index contributed by atoms with van der Waals surface area (Å²) in [5, 5.41) is 11.2. The monoisotopic (exact) mass is 325 g/mol. The molecule has 0 unspecified atom stereocenters. The first-order valence-corrected chi connectivity index (χ1v) is 6.58. The quantitative estimate of drug-likeness (QED) is 0.478. The van der Waals surface area contributed by atoms with Crippen LogP contribution in [0.4, 0.5) is 5.69 Å². The first-order chi connectivity index (χ1) is 9.97. The molecule has 7 heteroatoms. The minimum absolute atomic E-state index is 0.0573. The van der Waals surface area contributed by atoms with Gasteiger partial charge >= 0.3 is 5.97 Å². The Bertz CT molecular complexity index is 703. The van der Waals surface area contributed by atoms with E-state index in [9.17, 15) is 14.9 Å². The number of esters is 1. The van der Waals surface area contributed by atoms with E-state index in [2.05, 4.69) is 0 Å². The average molecular weight is 326 g/mol. The highest BCUT2D eigenvalue weighted by molar-refractivity contribution is 6.42. The Kier molecular flexibility index (Phi) is 4.77. The molecular formula is C14H9Cl2NO4. The molecule has 0 aliphatic heterocycles. The van der Waals surface area contributed by atoms with Gasteiger partial charge in [0.1, 0.15) is 6.61 Å². The summed E-state index contributed by atoms with van der Waals surface area (Å²) in [6, 6.07) is 10.3. The van der Waals surface area contributed by atoms with Gasteiger partial charge in [-0.05, 0) is 23.8 Å². The molecule has 5 nitrogen and oxygen atoms in total. The van der Waals surface area contributed by atoms with E-state index in [1.54, 1.807) is 6.07 Å². The highest BCUT2D eigenvalue weighted by Crippen LogP contribution is 2.23. The Morgan fingerprint density at radius 2 is 1.90 bits per heavy atom. The maximum atomic E-state index is 11.8. The number of halogens is 2. The molecule has 2 aromatic rings. The summed E-state index contributed by atoms with van der Waals surface area (Å²) in [6.45, 7) is -0.0687. The molecule has 0 aliphatic rings. The van der Waals surface area contributed by atoms with Gasteiger partial charge in [-0.3, -0.25) is 10.1 Å². The lowest BCUT2D eigenvalue weighted by molar-refractivity contribution is -0.384. The van der Waals surface area contributed by atoms with Crippen molar-refractivity contribution in [2.45, 2.75) is 6.61 Å². The lowest BCUT2D eigenvalue weighted by Crippen LogP contribution is -2.05. The number of benzene rings is 2. The first kappa shape index (κ1) is 15.3. The van der Waals surface area contributed by atoms with E-state index >= 15 is 0 Å². The van der Waals surface area contributed by atoms with Crippen molar-refractivity contribution in [2.24, 2.45) is 0 Å². The third kappa shape index (κ3) is 3.93. The van der Waals surface area contributed by atoms with E-state index in [0.717, 1.165) is 0 Å². The second kappa shape index (κ2) is 6.56. The van der Waals surface area contributed by atoms with Crippen LogP contribution in [-0.4, -0.2) is 10.9 Å². The molecule has 0 radical (unpaired) electrons. The number of carbonyl (C=O) groups excluding carboxylic acids is 1. The van der Waals surface area contributed by atoms with Crippen molar-refractivity contribution in [1.29, 1.82) is 0 Å². The predicted molar refractivity (Wildman–Crippen MR) is 78.7 cm³/mol. The second-order valence-electron chi connectivity index (χ2n) is 4.13. The third-order valence-corrected chi connectivity index (χ3v) is 3.39. The molecule has 0 saturated carbocycles. The van der Waals surface area contributed by atoms with Gasteiger partial charge in [-0.25, -0.2) is 4.79 Å². The summed E-state index contributed by atoms with van der Waals surface area (Å²) in [5.74, 6) is -0.583. The summed E-state index contributed by atoms with van der Waals surface area (Å²) in [4.78, 5) is 22.0. The minimum Gasteiger partial charge on any atom is -0.457 e. The summed E-state index contributed by atoms with van der Waals surface area (Å²) in [5.41, 5.74) is 0.727. The Morgan fingerprint density at radius 3 is 2.57 bits per heavy atom. The molecular weight excluding hydrogens is 317 g/mol. The zero-order valence-electron chi connectivity index (χ0n) is 10.6. The molecule has 0 amide bonds. The van der Waals surface area contributed by atoms with E-state index in [0.29, 0.717) is 10.6 Å². The molecule has 0 aromatic heterocycles. The largest absolute Gasteiger partial charge is 0.457 e. The number of nitrogens with zero attached hydrogens (tertiary/aromatic N) is 1. The van der Waals surface area contributed by atoms with Gasteiger partial charge < -0.3 is 4.74 Å². The number of hydrogen-bond donors (Lipinski definition) is 0. The van der Waals surface area contributed by atoms with E-state index in [4.69, 9.17) is 27.9 Å². The number of rotatable bonds is 4. The van der Waals surface area contributed by atoms with Crippen LogP contribution in [0.25, 0.3) is 0 Å². The fourth-order valence-electron chi connectivity index (χ4n) is 1.62. The van der Waals surface area contributed by atoms with Crippen LogP contribution in [0, 0.1) is 10.1 Å². The molecule has 108 valence electrons. The molecule has 0 heterocycles. The van der Waals surface area contributed by atoms with Gasteiger partial charge in [0.15, 0.2) is 0 Å². The van der Waals surface area contributed by atoms with Crippen LogP contribution < -0.4 is 0 Å². The normalized spacial score (nSPS) is 10.2. The van der Waals surface area contributed by atoms with Crippen LogP contribution in [0.5, 0.6) is 0 Å². The summed E-state index contributed by atoms with van der Waals surface area (Å²) in [6.07, 6.45) is 0. The van der Waals surface area contributed by atoms with Crippen LogP contribution >= 0.6 is 23.2 Å². The van der Waals surface area contributed by atoms with Gasteiger partial charge in [-0.2, -0.15) is 0 Å². The topological polar surface area (TPSA) is 69.4 Å². The van der Waals surface area contributed by atoms with Crippen molar-refractivity contribution in [2.75, 3.05) is 0 Å². The molecule has 0 bridgehead atoms. The van der Waals surface area contributed by atoms with Crippen LogP contribution in [0.3, 0.4) is 0 Å². The van der Waals surface area contributed by atoms with Gasteiger partial charge in [0.2, 0.25) is 0 Å². The van der Waals surface area contributed by atoms with Gasteiger partial charge in [0, 0.05) is 12.1 Å². The zero-order valence-corrected chi connectivity index (χ0v) is 12.1. The van der Waals surface area contributed by atoms with Crippen LogP contribution in [-0.2, 0) is 11.3 Å². The average Bonchev–Trinajstić information content (AvgIpc) is 2.48. The maximum absolute atomic E-state index is 11.8. The molecule has 2 aromatic carbocycles. The Morgan fingerprint density at radius 1 is 1.14 bits per heavy atom. The zero-order chi connectivity index (χ0) is 15.4. The number of nitro benzene ring substituents is 1.